The van der Waals surface area contributed by atoms with Crippen LogP contribution in [0.5, 0.6) is 0 Å². The van der Waals surface area contributed by atoms with Crippen LogP contribution in [0.25, 0.3) is 0 Å². The lowest BCUT2D eigenvalue weighted by Gasteiger charge is -2.12. The first-order valence-electron chi connectivity index (χ1n) is 6.11. The van der Waals surface area contributed by atoms with Crippen molar-refractivity contribution >= 4 is 33.2 Å². The van der Waals surface area contributed by atoms with Crippen LogP contribution in [0.3, 0.4) is 0 Å². The molecule has 2 rings (SSSR count). The summed E-state index contributed by atoms with van der Waals surface area (Å²) in [5, 5.41) is 6.43. The molecule has 0 aliphatic carbocycles. The van der Waals surface area contributed by atoms with Gasteiger partial charge in [-0.25, -0.2) is 18.4 Å². The summed E-state index contributed by atoms with van der Waals surface area (Å²) in [6.07, 6.45) is 3.39. The molecule has 0 bridgehead atoms. The summed E-state index contributed by atoms with van der Waals surface area (Å²) in [5.74, 6) is 1.68. The third-order valence-corrected chi connectivity index (χ3v) is 5.94. The minimum atomic E-state index is -2.92. The van der Waals surface area contributed by atoms with Gasteiger partial charge in [-0.3, -0.25) is 0 Å². The van der Waals surface area contributed by atoms with Crippen molar-refractivity contribution in [1.82, 2.24) is 9.97 Å². The van der Waals surface area contributed by atoms with Gasteiger partial charge in [0.05, 0.1) is 11.0 Å². The summed E-state index contributed by atoms with van der Waals surface area (Å²) in [5.41, 5.74) is 0. The van der Waals surface area contributed by atoms with E-state index < -0.39 is 9.84 Å². The van der Waals surface area contributed by atoms with Gasteiger partial charge in [-0.05, 0) is 19.1 Å². The van der Waals surface area contributed by atoms with E-state index in [2.05, 4.69) is 20.6 Å². The Hall–Kier alpha value is -1.02. The molecule has 0 spiro atoms. The van der Waals surface area contributed by atoms with Crippen LogP contribution in [0, 0.1) is 0 Å². The molecule has 19 heavy (non-hydrogen) atoms. The molecule has 1 aliphatic heterocycles. The van der Waals surface area contributed by atoms with Gasteiger partial charge in [0, 0.05) is 19.7 Å². The van der Waals surface area contributed by atoms with Crippen molar-refractivity contribution in [1.29, 1.82) is 0 Å². The topological polar surface area (TPSA) is 84.0 Å². The van der Waals surface area contributed by atoms with Crippen LogP contribution in [-0.2, 0) is 9.84 Å². The first-order valence-corrected chi connectivity index (χ1v) is 9.05. The second-order valence-electron chi connectivity index (χ2n) is 4.39. The summed E-state index contributed by atoms with van der Waals surface area (Å²) < 4.78 is 23.5. The van der Waals surface area contributed by atoms with E-state index in [4.69, 9.17) is 0 Å². The lowest BCUT2D eigenvalue weighted by Crippen LogP contribution is -2.25. The molecule has 1 unspecified atom stereocenters. The molecule has 0 radical (unpaired) electrons. The van der Waals surface area contributed by atoms with Crippen LogP contribution in [0.2, 0.25) is 0 Å². The van der Waals surface area contributed by atoms with Crippen molar-refractivity contribution in [2.24, 2.45) is 0 Å². The number of anilines is 2. The monoisotopic (exact) mass is 302 g/mol. The normalized spacial score (nSPS) is 21.3. The van der Waals surface area contributed by atoms with Crippen LogP contribution in [0.15, 0.2) is 11.2 Å². The second-order valence-corrected chi connectivity index (χ2v) is 7.56. The number of nitrogens with one attached hydrogen (secondary N) is 2. The third kappa shape index (κ3) is 3.50. The van der Waals surface area contributed by atoms with Gasteiger partial charge < -0.3 is 10.6 Å². The Balaban J connectivity index is 2.07. The fourth-order valence-electron chi connectivity index (χ4n) is 2.04. The van der Waals surface area contributed by atoms with E-state index in [1.807, 2.05) is 6.26 Å². The van der Waals surface area contributed by atoms with E-state index in [0.29, 0.717) is 23.3 Å². The van der Waals surface area contributed by atoms with Gasteiger partial charge in [0.1, 0.15) is 11.6 Å². The fourth-order valence-corrected chi connectivity index (χ4v) is 4.19. The zero-order valence-electron chi connectivity index (χ0n) is 11.0. The van der Waals surface area contributed by atoms with E-state index >= 15 is 0 Å². The van der Waals surface area contributed by atoms with Crippen molar-refractivity contribution < 1.29 is 8.42 Å². The molecule has 0 aromatic carbocycles. The Morgan fingerprint density at radius 1 is 1.42 bits per heavy atom. The van der Waals surface area contributed by atoms with Gasteiger partial charge >= 0.3 is 0 Å². The highest BCUT2D eigenvalue weighted by Gasteiger charge is 2.30. The smallest absolute Gasteiger partial charge is 0.191 e. The maximum atomic E-state index is 11.7. The largest absolute Gasteiger partial charge is 0.373 e. The highest BCUT2D eigenvalue weighted by Crippen LogP contribution is 2.21. The van der Waals surface area contributed by atoms with Crippen LogP contribution in [0.1, 0.15) is 12.8 Å². The first kappa shape index (κ1) is 14.4. The van der Waals surface area contributed by atoms with E-state index in [1.165, 1.54) is 11.8 Å². The fraction of sp³-hybridized carbons (Fsp3) is 0.636. The standard InChI is InChI=1S/C11H18N4O2S2/c1-12-9-6-10(15-11(14-9)18-2)13-7-8-4-3-5-19(8,16)17/h6,8H,3-5,7H2,1-2H3,(H2,12,13,14,15). The summed E-state index contributed by atoms with van der Waals surface area (Å²) in [6, 6.07) is 1.78. The quantitative estimate of drug-likeness (QED) is 0.625. The number of rotatable bonds is 5. The molecule has 106 valence electrons. The van der Waals surface area contributed by atoms with Gasteiger partial charge in [0.2, 0.25) is 0 Å². The van der Waals surface area contributed by atoms with Gasteiger partial charge in [-0.15, -0.1) is 0 Å². The second kappa shape index (κ2) is 5.96. The minimum Gasteiger partial charge on any atom is -0.373 e. The summed E-state index contributed by atoms with van der Waals surface area (Å²) in [4.78, 5) is 8.58. The molecule has 0 saturated carbocycles. The molecule has 2 heterocycles. The minimum absolute atomic E-state index is 0.293. The molecular weight excluding hydrogens is 284 g/mol. The van der Waals surface area contributed by atoms with Crippen molar-refractivity contribution in [2.45, 2.75) is 23.2 Å². The Morgan fingerprint density at radius 2 is 2.16 bits per heavy atom. The number of nitrogens with zero attached hydrogens (tertiary/aromatic N) is 2. The molecule has 0 amide bonds. The highest BCUT2D eigenvalue weighted by atomic mass is 32.2. The van der Waals surface area contributed by atoms with Crippen molar-refractivity contribution in [3.8, 4) is 0 Å². The van der Waals surface area contributed by atoms with Crippen molar-refractivity contribution in [2.75, 3.05) is 36.2 Å². The molecule has 1 atom stereocenters. The van der Waals surface area contributed by atoms with E-state index in [9.17, 15) is 8.42 Å². The third-order valence-electron chi connectivity index (χ3n) is 3.12. The molecule has 1 saturated heterocycles. The molecule has 8 heteroatoms. The first-order chi connectivity index (χ1) is 9.05. The SMILES string of the molecule is CNc1cc(NCC2CCCS2(=O)=O)nc(SC)n1. The zero-order valence-corrected chi connectivity index (χ0v) is 12.6. The van der Waals surface area contributed by atoms with E-state index in [1.54, 1.807) is 13.1 Å². The lowest BCUT2D eigenvalue weighted by atomic mass is 10.2. The lowest BCUT2D eigenvalue weighted by molar-refractivity contribution is 0.591. The predicted molar refractivity (Wildman–Crippen MR) is 78.7 cm³/mol. The summed E-state index contributed by atoms with van der Waals surface area (Å²) in [7, 11) is -1.13. The number of hydrogen-bond donors (Lipinski definition) is 2. The number of hydrogen-bond acceptors (Lipinski definition) is 7. The van der Waals surface area contributed by atoms with E-state index in [0.717, 1.165) is 18.7 Å². The average molecular weight is 302 g/mol. The van der Waals surface area contributed by atoms with Gasteiger partial charge in [0.25, 0.3) is 0 Å². The Labute approximate surface area is 117 Å². The highest BCUT2D eigenvalue weighted by molar-refractivity contribution is 7.98. The van der Waals surface area contributed by atoms with E-state index in [-0.39, 0.29) is 5.25 Å². The van der Waals surface area contributed by atoms with Crippen LogP contribution < -0.4 is 10.6 Å². The Kier molecular flexibility index (Phi) is 4.51. The molecule has 1 aliphatic rings. The Bertz CT molecular complexity index is 525. The van der Waals surface area contributed by atoms with Crippen LogP contribution in [-0.4, -0.2) is 49.2 Å². The zero-order chi connectivity index (χ0) is 13.9. The van der Waals surface area contributed by atoms with Gasteiger partial charge in [0.15, 0.2) is 15.0 Å². The van der Waals surface area contributed by atoms with Gasteiger partial charge in [-0.2, -0.15) is 0 Å². The van der Waals surface area contributed by atoms with Crippen molar-refractivity contribution in [3.05, 3.63) is 6.07 Å². The molecule has 2 N–H and O–H groups in total. The number of thioether (sulfide) groups is 1. The molecule has 1 aromatic rings. The predicted octanol–water partition coefficient (Wildman–Crippen LogP) is 1.23. The molecule has 1 fully saturated rings. The summed E-state index contributed by atoms with van der Waals surface area (Å²) >= 11 is 1.45. The number of sulfone groups is 1. The summed E-state index contributed by atoms with van der Waals surface area (Å²) in [6.45, 7) is 0.413. The molecule has 1 aromatic heterocycles. The number of aromatic nitrogens is 2. The van der Waals surface area contributed by atoms with Crippen LogP contribution >= 0.6 is 11.8 Å². The van der Waals surface area contributed by atoms with Crippen molar-refractivity contribution in [3.63, 3.8) is 0 Å². The molecule has 6 nitrogen and oxygen atoms in total. The molecular formula is C11H18N4O2S2. The maximum Gasteiger partial charge on any atom is 0.191 e. The Morgan fingerprint density at radius 3 is 2.74 bits per heavy atom. The van der Waals surface area contributed by atoms with Gasteiger partial charge in [-0.1, -0.05) is 11.8 Å². The van der Waals surface area contributed by atoms with Crippen LogP contribution in [0.4, 0.5) is 11.6 Å². The average Bonchev–Trinajstić information content (AvgIpc) is 2.74. The maximum absolute atomic E-state index is 11.7.